The summed E-state index contributed by atoms with van der Waals surface area (Å²) in [6.45, 7) is 1.98. The SMILES string of the molecule is CC(CN)c1cc(Br)c(F)c(F)c1O. The molecule has 2 nitrogen and oxygen atoms in total. The van der Waals surface area contributed by atoms with Gasteiger partial charge in [-0.05, 0) is 34.5 Å². The van der Waals surface area contributed by atoms with Gasteiger partial charge in [-0.25, -0.2) is 4.39 Å². The van der Waals surface area contributed by atoms with Gasteiger partial charge in [0.25, 0.3) is 0 Å². The third-order valence-electron chi connectivity index (χ3n) is 2.05. The monoisotopic (exact) mass is 265 g/mol. The Morgan fingerprint density at radius 3 is 2.57 bits per heavy atom. The first kappa shape index (κ1) is 11.4. The average Bonchev–Trinajstić information content (AvgIpc) is 2.19. The highest BCUT2D eigenvalue weighted by Gasteiger charge is 2.19. The molecule has 0 spiro atoms. The first-order valence-corrected chi connectivity index (χ1v) is 4.84. The summed E-state index contributed by atoms with van der Waals surface area (Å²) in [6, 6.07) is 1.34. The fraction of sp³-hybridized carbons (Fsp3) is 0.333. The summed E-state index contributed by atoms with van der Waals surface area (Å²) in [6.07, 6.45) is 0. The van der Waals surface area contributed by atoms with Crippen molar-refractivity contribution in [1.29, 1.82) is 0 Å². The molecule has 0 aliphatic heterocycles. The number of phenolic OH excluding ortho intramolecular Hbond substituents is 1. The zero-order chi connectivity index (χ0) is 10.9. The fourth-order valence-electron chi connectivity index (χ4n) is 1.11. The van der Waals surface area contributed by atoms with E-state index in [9.17, 15) is 13.9 Å². The highest BCUT2D eigenvalue weighted by atomic mass is 79.9. The molecule has 1 aromatic rings. The third-order valence-corrected chi connectivity index (χ3v) is 2.63. The van der Waals surface area contributed by atoms with Gasteiger partial charge in [-0.1, -0.05) is 6.92 Å². The Hall–Kier alpha value is -0.680. The average molecular weight is 266 g/mol. The molecule has 0 heterocycles. The van der Waals surface area contributed by atoms with Crippen LogP contribution in [0.4, 0.5) is 8.78 Å². The van der Waals surface area contributed by atoms with Gasteiger partial charge in [-0.3, -0.25) is 0 Å². The molecular formula is C9H10BrF2NO. The number of nitrogens with two attached hydrogens (primary N) is 1. The quantitative estimate of drug-likeness (QED) is 0.808. The Kier molecular flexibility index (Phi) is 3.44. The minimum absolute atomic E-state index is 0.0110. The molecule has 0 aliphatic carbocycles. The van der Waals surface area contributed by atoms with E-state index in [1.165, 1.54) is 6.07 Å². The molecule has 0 saturated heterocycles. The Labute approximate surface area is 88.9 Å². The molecule has 5 heteroatoms. The van der Waals surface area contributed by atoms with Gasteiger partial charge in [0.05, 0.1) is 4.47 Å². The van der Waals surface area contributed by atoms with Crippen LogP contribution in [0.3, 0.4) is 0 Å². The molecule has 14 heavy (non-hydrogen) atoms. The van der Waals surface area contributed by atoms with Crippen LogP contribution in [0.25, 0.3) is 0 Å². The number of hydrogen-bond donors (Lipinski definition) is 2. The van der Waals surface area contributed by atoms with Gasteiger partial charge in [0, 0.05) is 5.56 Å². The summed E-state index contributed by atoms with van der Waals surface area (Å²) in [5, 5.41) is 9.31. The van der Waals surface area contributed by atoms with E-state index in [0.717, 1.165) is 0 Å². The molecule has 0 aliphatic rings. The van der Waals surface area contributed by atoms with Crippen LogP contribution in [-0.4, -0.2) is 11.7 Å². The van der Waals surface area contributed by atoms with Crippen molar-refractivity contribution in [3.05, 3.63) is 27.7 Å². The molecule has 1 atom stereocenters. The van der Waals surface area contributed by atoms with Crippen LogP contribution in [-0.2, 0) is 0 Å². The van der Waals surface area contributed by atoms with Crippen LogP contribution in [0.15, 0.2) is 10.5 Å². The second-order valence-corrected chi connectivity index (χ2v) is 3.92. The molecule has 0 saturated carbocycles. The van der Waals surface area contributed by atoms with Crippen molar-refractivity contribution >= 4 is 15.9 Å². The Morgan fingerprint density at radius 1 is 1.50 bits per heavy atom. The van der Waals surface area contributed by atoms with Gasteiger partial charge in [0.15, 0.2) is 11.6 Å². The van der Waals surface area contributed by atoms with E-state index in [2.05, 4.69) is 15.9 Å². The van der Waals surface area contributed by atoms with E-state index in [1.807, 2.05) is 0 Å². The van der Waals surface area contributed by atoms with Crippen molar-refractivity contribution in [3.8, 4) is 5.75 Å². The summed E-state index contributed by atoms with van der Waals surface area (Å²) >= 11 is 2.86. The van der Waals surface area contributed by atoms with Crippen molar-refractivity contribution in [2.75, 3.05) is 6.54 Å². The molecule has 0 aromatic heterocycles. The van der Waals surface area contributed by atoms with E-state index >= 15 is 0 Å². The molecule has 0 bridgehead atoms. The van der Waals surface area contributed by atoms with E-state index in [4.69, 9.17) is 5.73 Å². The molecule has 1 rings (SSSR count). The first-order valence-electron chi connectivity index (χ1n) is 4.05. The summed E-state index contributed by atoms with van der Waals surface area (Å²) < 4.78 is 26.0. The van der Waals surface area contributed by atoms with Crippen molar-refractivity contribution in [1.82, 2.24) is 0 Å². The number of benzene rings is 1. The minimum Gasteiger partial charge on any atom is -0.505 e. The zero-order valence-corrected chi connectivity index (χ0v) is 9.11. The van der Waals surface area contributed by atoms with Gasteiger partial charge in [0.2, 0.25) is 5.82 Å². The van der Waals surface area contributed by atoms with Crippen molar-refractivity contribution in [3.63, 3.8) is 0 Å². The van der Waals surface area contributed by atoms with Gasteiger partial charge < -0.3 is 10.8 Å². The van der Waals surface area contributed by atoms with Crippen LogP contribution >= 0.6 is 15.9 Å². The molecule has 1 unspecified atom stereocenters. The predicted octanol–water partition coefficient (Wildman–Crippen LogP) is 2.50. The Bertz CT molecular complexity index is 357. The molecule has 1 aromatic carbocycles. The molecular weight excluding hydrogens is 256 g/mol. The summed E-state index contributed by atoms with van der Waals surface area (Å²) in [4.78, 5) is 0. The molecule has 3 N–H and O–H groups in total. The first-order chi connectivity index (χ1) is 6.49. The minimum atomic E-state index is -1.24. The number of halogens is 3. The molecule has 0 fully saturated rings. The summed E-state index contributed by atoms with van der Waals surface area (Å²) in [5.74, 6) is -3.21. The lowest BCUT2D eigenvalue weighted by Crippen LogP contribution is -2.10. The third kappa shape index (κ3) is 1.88. The van der Waals surface area contributed by atoms with Gasteiger partial charge in [-0.15, -0.1) is 0 Å². The maximum atomic E-state index is 13.1. The van der Waals surface area contributed by atoms with Crippen LogP contribution in [0.1, 0.15) is 18.4 Å². The standard InChI is InChI=1S/C9H10BrF2NO/c1-4(3-13)5-2-6(10)7(11)8(12)9(5)14/h2,4,14H,3,13H2,1H3. The number of phenols is 1. The second-order valence-electron chi connectivity index (χ2n) is 3.06. The second kappa shape index (κ2) is 4.23. The molecule has 78 valence electrons. The maximum Gasteiger partial charge on any atom is 0.201 e. The van der Waals surface area contributed by atoms with Crippen LogP contribution in [0.5, 0.6) is 5.75 Å². The van der Waals surface area contributed by atoms with Gasteiger partial charge in [0.1, 0.15) is 0 Å². The molecule has 0 radical (unpaired) electrons. The fourth-order valence-corrected chi connectivity index (χ4v) is 1.53. The van der Waals surface area contributed by atoms with E-state index in [1.54, 1.807) is 6.92 Å². The highest BCUT2D eigenvalue weighted by Crippen LogP contribution is 2.33. The van der Waals surface area contributed by atoms with E-state index < -0.39 is 17.4 Å². The van der Waals surface area contributed by atoms with Crippen LogP contribution in [0.2, 0.25) is 0 Å². The van der Waals surface area contributed by atoms with Gasteiger partial charge >= 0.3 is 0 Å². The predicted molar refractivity (Wildman–Crippen MR) is 53.2 cm³/mol. The highest BCUT2D eigenvalue weighted by molar-refractivity contribution is 9.10. The van der Waals surface area contributed by atoms with Crippen LogP contribution in [0, 0.1) is 11.6 Å². The lowest BCUT2D eigenvalue weighted by Gasteiger charge is -2.12. The van der Waals surface area contributed by atoms with E-state index in [0.29, 0.717) is 5.56 Å². The smallest absolute Gasteiger partial charge is 0.201 e. The Morgan fingerprint density at radius 2 is 2.07 bits per heavy atom. The van der Waals surface area contributed by atoms with Crippen LogP contribution < -0.4 is 5.73 Å². The van der Waals surface area contributed by atoms with Gasteiger partial charge in [-0.2, -0.15) is 4.39 Å². The van der Waals surface area contributed by atoms with Crippen molar-refractivity contribution in [2.24, 2.45) is 5.73 Å². The topological polar surface area (TPSA) is 46.2 Å². The largest absolute Gasteiger partial charge is 0.505 e. The zero-order valence-electron chi connectivity index (χ0n) is 7.52. The molecule has 0 amide bonds. The van der Waals surface area contributed by atoms with Crippen molar-refractivity contribution < 1.29 is 13.9 Å². The summed E-state index contributed by atoms with van der Waals surface area (Å²) in [7, 11) is 0. The Balaban J connectivity index is 3.33. The summed E-state index contributed by atoms with van der Waals surface area (Å²) in [5.41, 5.74) is 5.67. The number of rotatable bonds is 2. The van der Waals surface area contributed by atoms with Crippen molar-refractivity contribution in [2.45, 2.75) is 12.8 Å². The lowest BCUT2D eigenvalue weighted by molar-refractivity contribution is 0.396. The van der Waals surface area contributed by atoms with E-state index in [-0.39, 0.29) is 16.9 Å². The maximum absolute atomic E-state index is 13.1. The lowest BCUT2D eigenvalue weighted by atomic mass is 10.00. The normalized spacial score (nSPS) is 12.9. The number of hydrogen-bond acceptors (Lipinski definition) is 2. The number of aromatic hydroxyl groups is 1.